The van der Waals surface area contributed by atoms with E-state index in [1.807, 2.05) is 0 Å². The summed E-state index contributed by atoms with van der Waals surface area (Å²) in [4.78, 5) is 14.6. The summed E-state index contributed by atoms with van der Waals surface area (Å²) in [6, 6.07) is 4.33. The van der Waals surface area contributed by atoms with Crippen LogP contribution in [-0.2, 0) is 4.79 Å². The van der Waals surface area contributed by atoms with Crippen molar-refractivity contribution in [1.82, 2.24) is 10.6 Å². The van der Waals surface area contributed by atoms with Crippen molar-refractivity contribution in [3.8, 4) is 0 Å². The topological polar surface area (TPSA) is 41.1 Å². The molecule has 2 N–H and O–H groups in total. The first-order chi connectivity index (χ1) is 8.16. The summed E-state index contributed by atoms with van der Waals surface area (Å²) in [6.07, 6.45) is 2.11. The molecule has 1 aliphatic heterocycles. The molecule has 1 saturated heterocycles. The van der Waals surface area contributed by atoms with E-state index in [-0.39, 0.29) is 17.9 Å². The lowest BCUT2D eigenvalue weighted by Gasteiger charge is -2.23. The molecule has 17 heavy (non-hydrogen) atoms. The average molecular weight is 252 g/mol. The monoisotopic (exact) mass is 252 g/mol. The molecule has 4 heteroatoms. The zero-order valence-corrected chi connectivity index (χ0v) is 11.3. The summed E-state index contributed by atoms with van der Waals surface area (Å²) >= 11 is 1.75. The van der Waals surface area contributed by atoms with E-state index < -0.39 is 0 Å². The van der Waals surface area contributed by atoms with Gasteiger partial charge in [0.25, 0.3) is 0 Å². The Morgan fingerprint density at radius 3 is 3.00 bits per heavy atom. The summed E-state index contributed by atoms with van der Waals surface area (Å²) in [5.74, 6) is 0.336. The number of rotatable bonds is 3. The molecule has 2 rings (SSSR count). The molecule has 2 heterocycles. The maximum absolute atomic E-state index is 12.0. The van der Waals surface area contributed by atoms with Gasteiger partial charge in [-0.05, 0) is 45.4 Å². The fourth-order valence-corrected chi connectivity index (χ4v) is 3.04. The Hall–Kier alpha value is -0.870. The highest BCUT2D eigenvalue weighted by atomic mass is 32.1. The first-order valence-electron chi connectivity index (χ1n) is 6.24. The summed E-state index contributed by atoms with van der Waals surface area (Å²) in [5, 5.41) is 6.39. The van der Waals surface area contributed by atoms with Crippen LogP contribution in [-0.4, -0.2) is 19.0 Å². The second-order valence-corrected chi connectivity index (χ2v) is 6.04. The van der Waals surface area contributed by atoms with Crippen LogP contribution in [0.4, 0.5) is 0 Å². The number of hydrogen-bond acceptors (Lipinski definition) is 3. The summed E-state index contributed by atoms with van der Waals surface area (Å²) in [5.41, 5.74) is 0. The van der Waals surface area contributed by atoms with E-state index in [1.165, 1.54) is 9.75 Å². The van der Waals surface area contributed by atoms with Crippen molar-refractivity contribution in [2.75, 3.05) is 13.1 Å². The quantitative estimate of drug-likeness (QED) is 0.866. The largest absolute Gasteiger partial charge is 0.348 e. The lowest BCUT2D eigenvalue weighted by Crippen LogP contribution is -2.41. The minimum absolute atomic E-state index is 0.128. The number of carbonyl (C=O) groups excluding carboxylic acids is 1. The molecule has 1 fully saturated rings. The van der Waals surface area contributed by atoms with Crippen molar-refractivity contribution in [1.29, 1.82) is 0 Å². The predicted octanol–water partition coefficient (Wildman–Crippen LogP) is 2.23. The smallest absolute Gasteiger partial charge is 0.224 e. The zero-order chi connectivity index (χ0) is 12.3. The molecule has 0 aromatic carbocycles. The maximum Gasteiger partial charge on any atom is 0.224 e. The van der Waals surface area contributed by atoms with E-state index in [0.29, 0.717) is 0 Å². The average Bonchev–Trinajstić information content (AvgIpc) is 2.77. The van der Waals surface area contributed by atoms with Crippen molar-refractivity contribution < 1.29 is 4.79 Å². The van der Waals surface area contributed by atoms with E-state index in [4.69, 9.17) is 0 Å². The highest BCUT2D eigenvalue weighted by Crippen LogP contribution is 2.23. The van der Waals surface area contributed by atoms with Crippen molar-refractivity contribution in [3.63, 3.8) is 0 Å². The molecule has 1 aromatic rings. The van der Waals surface area contributed by atoms with Gasteiger partial charge in [0.15, 0.2) is 0 Å². The van der Waals surface area contributed by atoms with Gasteiger partial charge in [-0.3, -0.25) is 4.79 Å². The van der Waals surface area contributed by atoms with Crippen molar-refractivity contribution in [2.45, 2.75) is 32.7 Å². The molecular weight excluding hydrogens is 232 g/mol. The van der Waals surface area contributed by atoms with Crippen LogP contribution in [0.25, 0.3) is 0 Å². The normalized spacial score (nSPS) is 22.1. The third-order valence-electron chi connectivity index (χ3n) is 3.21. The first kappa shape index (κ1) is 12.6. The molecular formula is C13H20N2OS. The van der Waals surface area contributed by atoms with E-state index in [2.05, 4.69) is 36.6 Å². The Morgan fingerprint density at radius 1 is 1.59 bits per heavy atom. The second-order valence-electron chi connectivity index (χ2n) is 4.72. The van der Waals surface area contributed by atoms with Crippen LogP contribution in [0.1, 0.15) is 35.6 Å². The SMILES string of the molecule is Cc1ccc(C(C)NC(=O)[C@@H]2CCCNC2)s1. The van der Waals surface area contributed by atoms with Crippen molar-refractivity contribution in [3.05, 3.63) is 21.9 Å². The van der Waals surface area contributed by atoms with Gasteiger partial charge in [0.2, 0.25) is 5.91 Å². The molecule has 0 radical (unpaired) electrons. The molecule has 94 valence electrons. The third kappa shape index (κ3) is 3.30. The van der Waals surface area contributed by atoms with E-state index in [1.54, 1.807) is 11.3 Å². The molecule has 1 unspecified atom stereocenters. The van der Waals surface area contributed by atoms with Gasteiger partial charge in [0, 0.05) is 16.3 Å². The molecule has 0 spiro atoms. The number of aryl methyl sites for hydroxylation is 1. The molecule has 3 nitrogen and oxygen atoms in total. The Morgan fingerprint density at radius 2 is 2.41 bits per heavy atom. The standard InChI is InChI=1S/C13H20N2OS/c1-9-5-6-12(17-9)10(2)15-13(16)11-4-3-7-14-8-11/h5-6,10-11,14H,3-4,7-8H2,1-2H3,(H,15,16)/t10?,11-/m1/s1. The van der Waals surface area contributed by atoms with E-state index in [9.17, 15) is 4.79 Å². The van der Waals surface area contributed by atoms with E-state index in [0.717, 1.165) is 25.9 Å². The van der Waals surface area contributed by atoms with Gasteiger partial charge in [-0.25, -0.2) is 0 Å². The van der Waals surface area contributed by atoms with Crippen molar-refractivity contribution in [2.24, 2.45) is 5.92 Å². The highest BCUT2D eigenvalue weighted by Gasteiger charge is 2.22. The van der Waals surface area contributed by atoms with Gasteiger partial charge < -0.3 is 10.6 Å². The lowest BCUT2D eigenvalue weighted by atomic mass is 9.98. The molecule has 0 aliphatic carbocycles. The highest BCUT2D eigenvalue weighted by molar-refractivity contribution is 7.12. The predicted molar refractivity (Wildman–Crippen MR) is 71.2 cm³/mol. The molecule has 1 aromatic heterocycles. The molecule has 2 atom stereocenters. The van der Waals surface area contributed by atoms with Gasteiger partial charge in [0.05, 0.1) is 12.0 Å². The van der Waals surface area contributed by atoms with Crippen LogP contribution < -0.4 is 10.6 Å². The van der Waals surface area contributed by atoms with Gasteiger partial charge in [-0.1, -0.05) is 0 Å². The number of hydrogen-bond donors (Lipinski definition) is 2. The van der Waals surface area contributed by atoms with Gasteiger partial charge in [0.1, 0.15) is 0 Å². The van der Waals surface area contributed by atoms with Crippen LogP contribution in [0.15, 0.2) is 12.1 Å². The number of nitrogens with one attached hydrogen (secondary N) is 2. The lowest BCUT2D eigenvalue weighted by molar-refractivity contribution is -0.126. The Labute approximate surface area is 107 Å². The molecule has 0 saturated carbocycles. The maximum atomic E-state index is 12.0. The molecule has 1 amide bonds. The number of amides is 1. The number of carbonyl (C=O) groups is 1. The summed E-state index contributed by atoms with van der Waals surface area (Å²) in [7, 11) is 0. The minimum Gasteiger partial charge on any atom is -0.348 e. The van der Waals surface area contributed by atoms with Crippen LogP contribution in [0.3, 0.4) is 0 Å². The van der Waals surface area contributed by atoms with Gasteiger partial charge >= 0.3 is 0 Å². The Bertz CT molecular complexity index is 383. The Balaban J connectivity index is 1.89. The summed E-state index contributed by atoms with van der Waals surface area (Å²) in [6.45, 7) is 6.01. The second kappa shape index (κ2) is 5.65. The van der Waals surface area contributed by atoms with Crippen LogP contribution in [0.5, 0.6) is 0 Å². The van der Waals surface area contributed by atoms with Crippen LogP contribution in [0, 0.1) is 12.8 Å². The van der Waals surface area contributed by atoms with Crippen molar-refractivity contribution >= 4 is 17.2 Å². The fraction of sp³-hybridized carbons (Fsp3) is 0.615. The summed E-state index contributed by atoms with van der Waals surface area (Å²) < 4.78 is 0. The first-order valence-corrected chi connectivity index (χ1v) is 7.06. The molecule has 1 aliphatic rings. The number of piperidine rings is 1. The van der Waals surface area contributed by atoms with Crippen LogP contribution in [0.2, 0.25) is 0 Å². The van der Waals surface area contributed by atoms with Crippen LogP contribution >= 0.6 is 11.3 Å². The minimum atomic E-state index is 0.128. The van der Waals surface area contributed by atoms with Gasteiger partial charge in [-0.15, -0.1) is 11.3 Å². The zero-order valence-electron chi connectivity index (χ0n) is 10.5. The number of thiophene rings is 1. The third-order valence-corrected chi connectivity index (χ3v) is 4.40. The van der Waals surface area contributed by atoms with E-state index >= 15 is 0 Å². The van der Waals surface area contributed by atoms with Gasteiger partial charge in [-0.2, -0.15) is 0 Å². The Kier molecular flexibility index (Phi) is 4.18. The molecule has 0 bridgehead atoms. The fourth-order valence-electron chi connectivity index (χ4n) is 2.16.